The van der Waals surface area contributed by atoms with Crippen LogP contribution >= 0.6 is 22.6 Å². The van der Waals surface area contributed by atoms with Gasteiger partial charge in [0, 0.05) is 17.0 Å². The fourth-order valence-electron chi connectivity index (χ4n) is 0.455. The molecular formula is C3H7IN2. The maximum Gasteiger partial charge on any atom is 0.0392 e. The molecule has 0 radical (unpaired) electrons. The van der Waals surface area contributed by atoms with Gasteiger partial charge in [-0.3, -0.25) is 5.84 Å². The fraction of sp³-hybridized carbons (Fsp3) is 1.00. The molecule has 1 saturated heterocycles. The monoisotopic (exact) mass is 198 g/mol. The summed E-state index contributed by atoms with van der Waals surface area (Å²) >= 11 is 2.39. The summed E-state index contributed by atoms with van der Waals surface area (Å²) in [5, 5.41) is 1.82. The number of nitrogens with two attached hydrogens (primary N) is 1. The molecule has 0 aliphatic carbocycles. The van der Waals surface area contributed by atoms with Gasteiger partial charge in [-0.1, -0.05) is 22.6 Å². The molecule has 1 aliphatic rings. The minimum Gasteiger partial charge on any atom is -0.269 e. The number of hydrogen-bond donors (Lipinski definition) is 1. The summed E-state index contributed by atoms with van der Waals surface area (Å²) in [4.78, 5) is 0. The van der Waals surface area contributed by atoms with Crippen molar-refractivity contribution in [1.82, 2.24) is 5.01 Å². The van der Waals surface area contributed by atoms with E-state index in [1.807, 2.05) is 5.01 Å². The van der Waals surface area contributed by atoms with Crippen molar-refractivity contribution in [2.24, 2.45) is 5.84 Å². The molecule has 0 unspecified atom stereocenters. The quantitative estimate of drug-likeness (QED) is 0.336. The van der Waals surface area contributed by atoms with Crippen molar-refractivity contribution in [2.45, 2.75) is 3.92 Å². The van der Waals surface area contributed by atoms with Crippen molar-refractivity contribution >= 4 is 22.6 Å². The first-order valence-electron chi connectivity index (χ1n) is 1.93. The molecule has 1 fully saturated rings. The second-order valence-corrected chi connectivity index (χ2v) is 3.31. The van der Waals surface area contributed by atoms with E-state index < -0.39 is 0 Å². The number of hydrazine groups is 1. The van der Waals surface area contributed by atoms with E-state index in [0.29, 0.717) is 0 Å². The van der Waals surface area contributed by atoms with E-state index in [1.165, 1.54) is 0 Å². The molecule has 1 heterocycles. The van der Waals surface area contributed by atoms with Gasteiger partial charge >= 0.3 is 0 Å². The highest BCUT2D eigenvalue weighted by Crippen LogP contribution is 2.10. The Hall–Kier alpha value is 0.650. The lowest BCUT2D eigenvalue weighted by molar-refractivity contribution is 0.203. The summed E-state index contributed by atoms with van der Waals surface area (Å²) in [6.45, 7) is 2.14. The van der Waals surface area contributed by atoms with Crippen molar-refractivity contribution in [3.8, 4) is 0 Å². The van der Waals surface area contributed by atoms with Gasteiger partial charge in [0.15, 0.2) is 0 Å². The molecule has 0 aromatic rings. The summed E-state index contributed by atoms with van der Waals surface area (Å²) in [6, 6.07) is 0. The first-order chi connectivity index (χ1) is 2.79. The minimum atomic E-state index is 0.813. The van der Waals surface area contributed by atoms with Crippen LogP contribution in [0, 0.1) is 0 Å². The van der Waals surface area contributed by atoms with Gasteiger partial charge < -0.3 is 0 Å². The Bertz CT molecular complexity index is 44.8. The molecular weight excluding hydrogens is 191 g/mol. The molecule has 2 N–H and O–H groups in total. The topological polar surface area (TPSA) is 29.3 Å². The first kappa shape index (κ1) is 4.80. The van der Waals surface area contributed by atoms with Crippen LogP contribution in [0.3, 0.4) is 0 Å². The van der Waals surface area contributed by atoms with Gasteiger partial charge in [-0.15, -0.1) is 0 Å². The smallest absolute Gasteiger partial charge is 0.0392 e. The summed E-state index contributed by atoms with van der Waals surface area (Å²) in [6.07, 6.45) is 0. The van der Waals surface area contributed by atoms with E-state index >= 15 is 0 Å². The van der Waals surface area contributed by atoms with E-state index in [0.717, 1.165) is 17.0 Å². The third-order valence-corrected chi connectivity index (χ3v) is 1.65. The van der Waals surface area contributed by atoms with Crippen LogP contribution in [0.2, 0.25) is 0 Å². The lowest BCUT2D eigenvalue weighted by atomic mass is 10.3. The zero-order valence-electron chi connectivity index (χ0n) is 3.39. The van der Waals surface area contributed by atoms with Crippen LogP contribution in [-0.4, -0.2) is 22.0 Å². The van der Waals surface area contributed by atoms with Gasteiger partial charge in [0.2, 0.25) is 0 Å². The van der Waals surface area contributed by atoms with E-state index in [9.17, 15) is 0 Å². The molecule has 0 spiro atoms. The van der Waals surface area contributed by atoms with E-state index in [-0.39, 0.29) is 0 Å². The Balaban J connectivity index is 2.11. The second kappa shape index (κ2) is 1.63. The molecule has 0 amide bonds. The number of nitrogens with zero attached hydrogens (tertiary/aromatic N) is 1. The lowest BCUT2D eigenvalue weighted by Gasteiger charge is -2.30. The molecule has 36 valence electrons. The van der Waals surface area contributed by atoms with E-state index in [1.54, 1.807) is 0 Å². The van der Waals surface area contributed by atoms with Crippen molar-refractivity contribution in [3.05, 3.63) is 0 Å². The molecule has 0 saturated carbocycles. The zero-order valence-corrected chi connectivity index (χ0v) is 5.55. The summed E-state index contributed by atoms with van der Waals surface area (Å²) in [5.74, 6) is 5.30. The molecule has 2 nitrogen and oxygen atoms in total. The Morgan fingerprint density at radius 2 is 2.17 bits per heavy atom. The van der Waals surface area contributed by atoms with Gasteiger partial charge in [0.25, 0.3) is 0 Å². The van der Waals surface area contributed by atoms with Gasteiger partial charge in [-0.05, 0) is 0 Å². The number of halogens is 1. The summed E-state index contributed by atoms with van der Waals surface area (Å²) in [7, 11) is 0. The van der Waals surface area contributed by atoms with Crippen LogP contribution < -0.4 is 5.84 Å². The third kappa shape index (κ3) is 0.828. The summed E-state index contributed by atoms with van der Waals surface area (Å²) < 4.78 is 0.813. The SMILES string of the molecule is NN1CC(I)C1. The van der Waals surface area contributed by atoms with Crippen LogP contribution in [0.25, 0.3) is 0 Å². The highest BCUT2D eigenvalue weighted by atomic mass is 127. The molecule has 1 aliphatic heterocycles. The predicted octanol–water partition coefficient (Wildman–Crippen LogP) is -0.0207. The maximum atomic E-state index is 5.30. The number of alkyl halides is 1. The Kier molecular flexibility index (Phi) is 1.31. The van der Waals surface area contributed by atoms with Crippen LogP contribution in [0.15, 0.2) is 0 Å². The van der Waals surface area contributed by atoms with Crippen LogP contribution in [0.5, 0.6) is 0 Å². The average Bonchev–Trinajstić information content (AvgIpc) is 1.33. The standard InChI is InChI=1S/C3H7IN2/c4-3-1-6(5)2-3/h3H,1-2,5H2. The zero-order chi connectivity index (χ0) is 4.57. The number of rotatable bonds is 0. The molecule has 0 atom stereocenters. The normalized spacial score (nSPS) is 27.0. The average molecular weight is 198 g/mol. The minimum absolute atomic E-state index is 0.813. The van der Waals surface area contributed by atoms with Crippen molar-refractivity contribution in [3.63, 3.8) is 0 Å². The molecule has 0 aromatic carbocycles. The number of hydrogen-bond acceptors (Lipinski definition) is 2. The summed E-state index contributed by atoms with van der Waals surface area (Å²) in [5.41, 5.74) is 0. The largest absolute Gasteiger partial charge is 0.269 e. The Morgan fingerprint density at radius 3 is 2.17 bits per heavy atom. The molecule has 3 heteroatoms. The fourth-order valence-corrected chi connectivity index (χ4v) is 1.47. The van der Waals surface area contributed by atoms with E-state index in [4.69, 9.17) is 5.84 Å². The lowest BCUT2D eigenvalue weighted by Crippen LogP contribution is -2.51. The van der Waals surface area contributed by atoms with Crippen LogP contribution in [0.4, 0.5) is 0 Å². The third-order valence-electron chi connectivity index (χ3n) is 0.865. The Labute approximate surface area is 50.8 Å². The molecule has 1 rings (SSSR count). The molecule has 6 heavy (non-hydrogen) atoms. The van der Waals surface area contributed by atoms with Gasteiger partial charge in [-0.2, -0.15) is 0 Å². The maximum absolute atomic E-state index is 5.30. The van der Waals surface area contributed by atoms with Gasteiger partial charge in [-0.25, -0.2) is 5.01 Å². The van der Waals surface area contributed by atoms with E-state index in [2.05, 4.69) is 22.6 Å². The Morgan fingerprint density at radius 1 is 1.67 bits per heavy atom. The van der Waals surface area contributed by atoms with Gasteiger partial charge in [0.1, 0.15) is 0 Å². The van der Waals surface area contributed by atoms with Crippen LogP contribution in [0.1, 0.15) is 0 Å². The van der Waals surface area contributed by atoms with Crippen LogP contribution in [-0.2, 0) is 0 Å². The second-order valence-electron chi connectivity index (χ2n) is 1.55. The highest BCUT2D eigenvalue weighted by molar-refractivity contribution is 14.1. The van der Waals surface area contributed by atoms with Crippen molar-refractivity contribution in [2.75, 3.05) is 13.1 Å². The predicted molar refractivity (Wildman–Crippen MR) is 33.6 cm³/mol. The van der Waals surface area contributed by atoms with Crippen molar-refractivity contribution in [1.29, 1.82) is 0 Å². The highest BCUT2D eigenvalue weighted by Gasteiger charge is 2.19. The molecule has 0 aromatic heterocycles. The van der Waals surface area contributed by atoms with Crippen molar-refractivity contribution < 1.29 is 0 Å². The molecule has 0 bridgehead atoms. The van der Waals surface area contributed by atoms with Gasteiger partial charge in [0.05, 0.1) is 0 Å². The first-order valence-corrected chi connectivity index (χ1v) is 3.17.